The molecule has 3 saturated carbocycles. The number of imide groups is 3. The van der Waals surface area contributed by atoms with Gasteiger partial charge in [0.05, 0.1) is 74.5 Å². The summed E-state index contributed by atoms with van der Waals surface area (Å²) in [5.74, 6) is -1.05. The fraction of sp³-hybridized carbons (Fsp3) is 0.689. The molecule has 6 aliphatic carbocycles. The van der Waals surface area contributed by atoms with E-state index < -0.39 is 18.5 Å². The minimum atomic E-state index is -0.796. The van der Waals surface area contributed by atoms with E-state index in [-0.39, 0.29) is 138 Å². The second-order valence-corrected chi connectivity index (χ2v) is 22.7. The van der Waals surface area contributed by atoms with Crippen molar-refractivity contribution in [2.24, 2.45) is 71.0 Å². The Balaban J connectivity index is 0.000000250. The van der Waals surface area contributed by atoms with Crippen LogP contribution < -0.4 is 0 Å². The average molecular weight is 1120 g/mol. The third-order valence-electron chi connectivity index (χ3n) is 17.3. The Labute approximate surface area is 470 Å². The Morgan fingerprint density at radius 3 is 1.00 bits per heavy atom. The zero-order valence-corrected chi connectivity index (χ0v) is 46.9. The number of esters is 2. The largest absolute Gasteiger partial charge is 0.502 e. The van der Waals surface area contributed by atoms with Crippen LogP contribution in [0.5, 0.6) is 0 Å². The molecule has 14 atom stereocenters. The predicted molar refractivity (Wildman–Crippen MR) is 290 cm³/mol. The molecule has 3 aliphatic heterocycles. The topological polar surface area (TPSA) is 239 Å². The molecule has 6 amide bonds. The van der Waals surface area contributed by atoms with Gasteiger partial charge in [-0.2, -0.15) is 0 Å². The van der Waals surface area contributed by atoms with E-state index in [0.29, 0.717) is 84.2 Å². The van der Waals surface area contributed by atoms with Gasteiger partial charge in [0.25, 0.3) is 0 Å². The number of hydrogen-bond donors (Lipinski definition) is 1. The van der Waals surface area contributed by atoms with Gasteiger partial charge in [0.2, 0.25) is 35.4 Å². The Kier molecular flexibility index (Phi) is 23.3. The summed E-state index contributed by atoms with van der Waals surface area (Å²) < 4.78 is 31.6. The molecular weight excluding hydrogens is 1030 g/mol. The van der Waals surface area contributed by atoms with Crippen molar-refractivity contribution >= 4 is 53.4 Å². The molecule has 440 valence electrons. The summed E-state index contributed by atoms with van der Waals surface area (Å²) in [5.41, 5.74) is 0. The van der Waals surface area contributed by atoms with Crippen LogP contribution in [0.25, 0.3) is 0 Å². The van der Waals surface area contributed by atoms with Gasteiger partial charge >= 0.3 is 17.9 Å². The van der Waals surface area contributed by atoms with Gasteiger partial charge in [-0.05, 0) is 133 Å². The highest BCUT2D eigenvalue weighted by atomic mass is 16.7. The molecule has 0 aromatic rings. The number of fused-ring (bicyclic) bond motifs is 15. The zero-order valence-electron chi connectivity index (χ0n) is 46.9. The number of unbranched alkanes of at least 4 members (excludes halogenated alkanes) is 8. The van der Waals surface area contributed by atoms with Crippen LogP contribution in [0.1, 0.15) is 136 Å². The molecule has 19 nitrogen and oxygen atoms in total. The van der Waals surface area contributed by atoms with Crippen molar-refractivity contribution in [1.82, 2.24) is 14.7 Å². The van der Waals surface area contributed by atoms with Crippen LogP contribution in [-0.4, -0.2) is 132 Å². The van der Waals surface area contributed by atoms with Crippen LogP contribution in [0.4, 0.5) is 0 Å². The van der Waals surface area contributed by atoms with Gasteiger partial charge in [0.15, 0.2) is 12.6 Å². The van der Waals surface area contributed by atoms with E-state index in [9.17, 15) is 43.2 Å². The highest BCUT2D eigenvalue weighted by molar-refractivity contribution is 6.07. The highest BCUT2D eigenvalue weighted by Crippen LogP contribution is 2.54. The molecule has 1 N–H and O–H groups in total. The molecule has 0 spiro atoms. The SMILES string of the molecule is C=COCCCCOC=C.CC(OCCCCOC(C)OC(=O)CCCCCN1C(=O)C2C3C=CC(C3)C2C1=O)OC(=O)CCCCCN1C(=O)C2C3C=CC(C3)C2C1=O.O=C(O)CCCCCN1C(=O)C2C3C=CC(C3)C2C1=O. The van der Waals surface area contributed by atoms with Gasteiger partial charge in [-0.1, -0.05) is 68.9 Å². The monoisotopic (exact) mass is 1120 g/mol. The molecule has 9 aliphatic rings. The maximum absolute atomic E-state index is 12.8. The summed E-state index contributed by atoms with van der Waals surface area (Å²) in [6, 6.07) is 0. The van der Waals surface area contributed by atoms with E-state index in [2.05, 4.69) is 49.6 Å². The van der Waals surface area contributed by atoms with Crippen molar-refractivity contribution in [2.75, 3.05) is 46.1 Å². The lowest BCUT2D eigenvalue weighted by Gasteiger charge is -2.17. The molecule has 3 saturated heterocycles. The van der Waals surface area contributed by atoms with Crippen LogP contribution >= 0.6 is 0 Å². The molecular formula is C61H85N3O16. The normalized spacial score (nSPS) is 29.1. The quantitative estimate of drug-likeness (QED) is 0.0161. The first kappa shape index (κ1) is 61.7. The van der Waals surface area contributed by atoms with E-state index in [0.717, 1.165) is 64.6 Å². The number of rotatable bonds is 34. The first-order valence-electron chi connectivity index (χ1n) is 29.5. The van der Waals surface area contributed by atoms with E-state index >= 15 is 0 Å². The fourth-order valence-electron chi connectivity index (χ4n) is 13.5. The van der Waals surface area contributed by atoms with E-state index in [1.54, 1.807) is 13.8 Å². The lowest BCUT2D eigenvalue weighted by atomic mass is 9.85. The number of allylic oxidation sites excluding steroid dienone is 6. The molecule has 6 bridgehead atoms. The number of aliphatic carboxylic acids is 1. The third-order valence-corrected chi connectivity index (χ3v) is 17.3. The van der Waals surface area contributed by atoms with E-state index in [1.807, 2.05) is 0 Å². The summed E-state index contributed by atoms with van der Waals surface area (Å²) >= 11 is 0. The van der Waals surface area contributed by atoms with Gasteiger partial charge < -0.3 is 33.5 Å². The maximum atomic E-state index is 12.8. The smallest absolute Gasteiger partial charge is 0.308 e. The van der Waals surface area contributed by atoms with E-state index in [1.165, 1.54) is 27.2 Å². The van der Waals surface area contributed by atoms with Crippen molar-refractivity contribution in [3.8, 4) is 0 Å². The highest BCUT2D eigenvalue weighted by Gasteiger charge is 2.61. The summed E-state index contributed by atoms with van der Waals surface area (Å²) in [6.07, 6.45) is 27.0. The minimum absolute atomic E-state index is 0.00455. The number of amides is 6. The van der Waals surface area contributed by atoms with E-state index in [4.69, 9.17) is 33.5 Å². The minimum Gasteiger partial charge on any atom is -0.502 e. The van der Waals surface area contributed by atoms with Crippen LogP contribution in [0.2, 0.25) is 0 Å². The number of carbonyl (C=O) groups excluding carboxylic acids is 8. The molecule has 14 unspecified atom stereocenters. The van der Waals surface area contributed by atoms with Crippen LogP contribution in [0, 0.1) is 71.0 Å². The number of nitrogens with zero attached hydrogens (tertiary/aromatic N) is 3. The number of carbonyl (C=O) groups is 9. The standard InChI is InChI=1S/C38H52N2O10.C15H19NO4.C8H14O2/c1-23(49-29(41)11-5-3-7-17-39-35(43)31-25-13-14-26(21-25)32(31)36(39)44)47-19-9-10-20-48-24(2)50-30(42)12-6-4-8-18-40-37(45)33-27-15-16-28(22-27)34(33)38(40)46;17-11(18)4-2-1-3-7-16-14(19)12-9-5-6-10(8-9)13(12)15(16)20;1-3-9-7-5-6-8-10-4-2/h13-16,23-28,31-34H,3-12,17-22H2,1-2H3;5-6,9-10,12-13H,1-4,7-8H2,(H,17,18);3-4H,1-2,5-8H2. The number of ether oxygens (including phenoxy) is 6. The predicted octanol–water partition coefficient (Wildman–Crippen LogP) is 7.84. The Bertz CT molecular complexity index is 2130. The molecule has 3 heterocycles. The summed E-state index contributed by atoms with van der Waals surface area (Å²) in [7, 11) is 0. The third kappa shape index (κ3) is 15.5. The molecule has 0 aromatic carbocycles. The van der Waals surface area contributed by atoms with Crippen molar-refractivity contribution in [1.29, 1.82) is 0 Å². The molecule has 6 fully saturated rings. The van der Waals surface area contributed by atoms with Gasteiger partial charge in [0, 0.05) is 38.9 Å². The second kappa shape index (κ2) is 30.2. The maximum Gasteiger partial charge on any atom is 0.308 e. The Morgan fingerprint density at radius 2 is 0.725 bits per heavy atom. The van der Waals surface area contributed by atoms with Crippen LogP contribution in [0.15, 0.2) is 62.1 Å². The second-order valence-electron chi connectivity index (χ2n) is 22.7. The van der Waals surface area contributed by atoms with Crippen LogP contribution in [-0.2, 0) is 71.6 Å². The molecule has 19 heteroatoms. The fourth-order valence-corrected chi connectivity index (χ4v) is 13.5. The van der Waals surface area contributed by atoms with Gasteiger partial charge in [-0.3, -0.25) is 57.9 Å². The molecule has 9 rings (SSSR count). The van der Waals surface area contributed by atoms with Crippen molar-refractivity contribution in [3.05, 3.63) is 62.1 Å². The number of carboxylic acids is 1. The first-order chi connectivity index (χ1) is 38.6. The average Bonchev–Trinajstić information content (AvgIpc) is 4.52. The van der Waals surface area contributed by atoms with Crippen molar-refractivity contribution in [3.63, 3.8) is 0 Å². The van der Waals surface area contributed by atoms with Gasteiger partial charge in [0.1, 0.15) is 0 Å². The van der Waals surface area contributed by atoms with Crippen molar-refractivity contribution in [2.45, 2.75) is 148 Å². The lowest BCUT2D eigenvalue weighted by Crippen LogP contribution is -2.33. The Morgan fingerprint density at radius 1 is 0.450 bits per heavy atom. The summed E-state index contributed by atoms with van der Waals surface area (Å²) in [6.45, 7) is 13.7. The number of likely N-dealkylation sites (tertiary alicyclic amines) is 3. The molecule has 80 heavy (non-hydrogen) atoms. The molecule has 0 radical (unpaired) electrons. The molecule has 0 aromatic heterocycles. The number of hydrogen-bond acceptors (Lipinski definition) is 15. The van der Waals surface area contributed by atoms with Crippen molar-refractivity contribution < 1.29 is 76.7 Å². The zero-order chi connectivity index (χ0) is 57.3. The van der Waals surface area contributed by atoms with Gasteiger partial charge in [-0.15, -0.1) is 0 Å². The summed E-state index contributed by atoms with van der Waals surface area (Å²) in [5, 5.41) is 8.56. The Hall–Kier alpha value is -5.95. The van der Waals surface area contributed by atoms with Gasteiger partial charge in [-0.25, -0.2) is 0 Å². The lowest BCUT2D eigenvalue weighted by molar-refractivity contribution is -0.178. The van der Waals surface area contributed by atoms with Crippen LogP contribution in [0.3, 0.4) is 0 Å². The first-order valence-corrected chi connectivity index (χ1v) is 29.5. The number of carboxylic acid groups (broad SMARTS) is 1. The summed E-state index contributed by atoms with van der Waals surface area (Å²) in [4.78, 5) is 115.